The van der Waals surface area contributed by atoms with Crippen LogP contribution < -0.4 is 10.2 Å². The van der Waals surface area contributed by atoms with Gasteiger partial charge in [0.1, 0.15) is 11.4 Å². The van der Waals surface area contributed by atoms with Gasteiger partial charge in [0.05, 0.1) is 17.4 Å². The maximum Gasteiger partial charge on any atom is 0.410 e. The van der Waals surface area contributed by atoms with E-state index in [-0.39, 0.29) is 24.3 Å². The molecule has 2 aromatic rings. The maximum absolute atomic E-state index is 15.8. The van der Waals surface area contributed by atoms with Gasteiger partial charge in [0.2, 0.25) is 5.91 Å². The molecular formula is C25H29FN4O4. The van der Waals surface area contributed by atoms with Crippen molar-refractivity contribution in [3.8, 4) is 0 Å². The van der Waals surface area contributed by atoms with Crippen LogP contribution in [0.3, 0.4) is 0 Å². The molecule has 1 fully saturated rings. The van der Waals surface area contributed by atoms with E-state index in [1.165, 1.54) is 11.1 Å². The second kappa shape index (κ2) is 8.38. The van der Waals surface area contributed by atoms with Gasteiger partial charge in [-0.15, -0.1) is 0 Å². The highest BCUT2D eigenvalue weighted by Gasteiger charge is 2.36. The molecule has 2 aliphatic heterocycles. The zero-order valence-electron chi connectivity index (χ0n) is 20.1. The molecule has 0 aliphatic carbocycles. The van der Waals surface area contributed by atoms with Gasteiger partial charge in [-0.2, -0.15) is 0 Å². The normalized spacial score (nSPS) is 18.6. The van der Waals surface area contributed by atoms with Crippen molar-refractivity contribution in [2.45, 2.75) is 46.6 Å². The molecule has 1 aromatic carbocycles. The number of benzene rings is 1. The summed E-state index contributed by atoms with van der Waals surface area (Å²) in [7, 11) is 0. The lowest BCUT2D eigenvalue weighted by Gasteiger charge is -2.39. The Labute approximate surface area is 197 Å². The average molecular weight is 469 g/mol. The molecule has 3 heterocycles. The van der Waals surface area contributed by atoms with Crippen molar-refractivity contribution < 1.29 is 23.5 Å². The van der Waals surface area contributed by atoms with E-state index in [1.54, 1.807) is 23.1 Å². The van der Waals surface area contributed by atoms with Crippen LogP contribution >= 0.6 is 0 Å². The SMILES string of the molecule is CC(C)(C)OC(=O)N1CC=C(c2ccc3ncc(N4CCC(=O)NC4=O)cc3c2F)C(C)(C)C1. The number of carbonyl (C=O) groups excluding carboxylic acids is 3. The van der Waals surface area contributed by atoms with E-state index in [1.807, 2.05) is 40.7 Å². The molecule has 1 saturated heterocycles. The third-order valence-electron chi connectivity index (χ3n) is 5.92. The molecule has 9 heteroatoms. The van der Waals surface area contributed by atoms with Crippen LogP contribution in [0, 0.1) is 11.2 Å². The number of ether oxygens (including phenoxy) is 1. The summed E-state index contributed by atoms with van der Waals surface area (Å²) in [5.41, 5.74) is 0.974. The minimum Gasteiger partial charge on any atom is -0.444 e. The number of anilines is 1. The fourth-order valence-electron chi connectivity index (χ4n) is 4.36. The summed E-state index contributed by atoms with van der Waals surface area (Å²) < 4.78 is 21.3. The van der Waals surface area contributed by atoms with E-state index in [0.29, 0.717) is 29.9 Å². The highest BCUT2D eigenvalue weighted by Crippen LogP contribution is 2.41. The predicted octanol–water partition coefficient (Wildman–Crippen LogP) is 4.48. The Bertz CT molecular complexity index is 1220. The van der Waals surface area contributed by atoms with Gasteiger partial charge in [-0.1, -0.05) is 19.9 Å². The summed E-state index contributed by atoms with van der Waals surface area (Å²) >= 11 is 0. The molecule has 8 nitrogen and oxygen atoms in total. The molecule has 4 rings (SSSR count). The van der Waals surface area contributed by atoms with Crippen molar-refractivity contribution in [1.29, 1.82) is 0 Å². The summed E-state index contributed by atoms with van der Waals surface area (Å²) in [4.78, 5) is 43.6. The molecule has 0 spiro atoms. The number of fused-ring (bicyclic) bond motifs is 1. The van der Waals surface area contributed by atoms with Crippen LogP contribution in [0.5, 0.6) is 0 Å². The monoisotopic (exact) mass is 468 g/mol. The van der Waals surface area contributed by atoms with Gasteiger partial charge in [0.15, 0.2) is 0 Å². The number of nitrogens with one attached hydrogen (secondary N) is 1. The molecule has 0 atom stereocenters. The first kappa shape index (κ1) is 23.7. The van der Waals surface area contributed by atoms with Crippen LogP contribution in [0.1, 0.15) is 46.6 Å². The molecule has 1 N–H and O–H groups in total. The maximum atomic E-state index is 15.8. The number of amides is 4. The molecule has 0 radical (unpaired) electrons. The topological polar surface area (TPSA) is 91.8 Å². The van der Waals surface area contributed by atoms with Crippen LogP contribution in [0.15, 0.2) is 30.5 Å². The Morgan fingerprint density at radius 1 is 1.24 bits per heavy atom. The summed E-state index contributed by atoms with van der Waals surface area (Å²) in [6.45, 7) is 10.3. The molecule has 2 aliphatic rings. The molecule has 180 valence electrons. The number of hydrogen-bond acceptors (Lipinski definition) is 5. The van der Waals surface area contributed by atoms with Crippen LogP contribution in [-0.4, -0.2) is 53.2 Å². The van der Waals surface area contributed by atoms with Gasteiger partial charge in [0.25, 0.3) is 0 Å². The van der Waals surface area contributed by atoms with Crippen molar-refractivity contribution in [2.75, 3.05) is 24.5 Å². The number of urea groups is 1. The fourth-order valence-corrected chi connectivity index (χ4v) is 4.36. The molecule has 0 saturated carbocycles. The summed E-state index contributed by atoms with van der Waals surface area (Å²) in [6, 6.07) is 4.48. The Balaban J connectivity index is 1.67. The largest absolute Gasteiger partial charge is 0.444 e. The van der Waals surface area contributed by atoms with E-state index in [9.17, 15) is 14.4 Å². The predicted molar refractivity (Wildman–Crippen MR) is 127 cm³/mol. The molecule has 4 amide bonds. The van der Waals surface area contributed by atoms with Crippen molar-refractivity contribution in [3.63, 3.8) is 0 Å². The van der Waals surface area contributed by atoms with E-state index in [4.69, 9.17) is 4.74 Å². The van der Waals surface area contributed by atoms with Crippen molar-refractivity contribution in [2.24, 2.45) is 5.41 Å². The van der Waals surface area contributed by atoms with Crippen LogP contribution in [0.2, 0.25) is 0 Å². The van der Waals surface area contributed by atoms with Crippen molar-refractivity contribution in [3.05, 3.63) is 41.9 Å². The minimum absolute atomic E-state index is 0.168. The third kappa shape index (κ3) is 4.60. The minimum atomic E-state index is -0.598. The molecular weight excluding hydrogens is 439 g/mol. The number of halogens is 1. The first-order chi connectivity index (χ1) is 15.9. The van der Waals surface area contributed by atoms with Gasteiger partial charge >= 0.3 is 12.1 Å². The number of carbonyl (C=O) groups is 3. The van der Waals surface area contributed by atoms with Gasteiger partial charge in [-0.25, -0.2) is 14.0 Å². The molecule has 1 aromatic heterocycles. The lowest BCUT2D eigenvalue weighted by Crippen LogP contribution is -2.49. The molecule has 0 unspecified atom stereocenters. The lowest BCUT2D eigenvalue weighted by molar-refractivity contribution is -0.120. The summed E-state index contributed by atoms with van der Waals surface area (Å²) in [5, 5.41) is 2.55. The first-order valence-corrected chi connectivity index (χ1v) is 11.2. The van der Waals surface area contributed by atoms with Gasteiger partial charge in [-0.05, 0) is 44.5 Å². The fraction of sp³-hybridized carbons (Fsp3) is 0.440. The second-order valence-corrected chi connectivity index (χ2v) is 10.3. The summed E-state index contributed by atoms with van der Waals surface area (Å²) in [6.07, 6.45) is 3.13. The Hall–Kier alpha value is -3.49. The van der Waals surface area contributed by atoms with E-state index in [0.717, 1.165) is 5.57 Å². The highest BCUT2D eigenvalue weighted by molar-refractivity contribution is 6.06. The van der Waals surface area contributed by atoms with E-state index >= 15 is 4.39 Å². The molecule has 0 bridgehead atoms. The zero-order valence-corrected chi connectivity index (χ0v) is 20.1. The van der Waals surface area contributed by atoms with Crippen LogP contribution in [0.4, 0.5) is 19.7 Å². The van der Waals surface area contributed by atoms with Gasteiger partial charge in [0, 0.05) is 42.4 Å². The van der Waals surface area contributed by atoms with E-state index in [2.05, 4.69) is 10.3 Å². The smallest absolute Gasteiger partial charge is 0.410 e. The molecule has 34 heavy (non-hydrogen) atoms. The summed E-state index contributed by atoms with van der Waals surface area (Å²) in [5.74, 6) is -0.777. The van der Waals surface area contributed by atoms with Gasteiger partial charge < -0.3 is 9.64 Å². The lowest BCUT2D eigenvalue weighted by atomic mass is 9.77. The number of rotatable bonds is 2. The van der Waals surface area contributed by atoms with Crippen molar-refractivity contribution >= 4 is 40.2 Å². The van der Waals surface area contributed by atoms with Crippen LogP contribution in [-0.2, 0) is 9.53 Å². The number of nitrogens with zero attached hydrogens (tertiary/aromatic N) is 3. The van der Waals surface area contributed by atoms with Crippen LogP contribution in [0.25, 0.3) is 16.5 Å². The Morgan fingerprint density at radius 3 is 2.62 bits per heavy atom. The zero-order chi connectivity index (χ0) is 24.8. The number of pyridine rings is 1. The van der Waals surface area contributed by atoms with Gasteiger partial charge in [-0.3, -0.25) is 20.0 Å². The number of imide groups is 1. The number of aromatic nitrogens is 1. The standard InChI is InChI=1S/C25H29FN4O4/c1-24(2,3)34-23(33)29-10-8-18(25(4,5)14-29)16-6-7-19-17(21(16)26)12-15(13-27-19)30-11-9-20(31)28-22(30)32/h6-8,12-13H,9-11,14H2,1-5H3,(H,28,31,32). The second-order valence-electron chi connectivity index (χ2n) is 10.3. The third-order valence-corrected chi connectivity index (χ3v) is 5.92. The Morgan fingerprint density at radius 2 is 1.97 bits per heavy atom. The highest BCUT2D eigenvalue weighted by atomic mass is 19.1. The first-order valence-electron chi connectivity index (χ1n) is 11.2. The Kier molecular flexibility index (Phi) is 5.83. The quantitative estimate of drug-likeness (QED) is 0.702. The average Bonchev–Trinajstić information content (AvgIpc) is 2.73. The van der Waals surface area contributed by atoms with Crippen molar-refractivity contribution in [1.82, 2.24) is 15.2 Å². The number of hydrogen-bond donors (Lipinski definition) is 1. The van der Waals surface area contributed by atoms with E-state index < -0.39 is 29.0 Å².